The van der Waals surface area contributed by atoms with Gasteiger partial charge < -0.3 is 15.5 Å². The molecule has 1 unspecified atom stereocenters. The summed E-state index contributed by atoms with van der Waals surface area (Å²) in [5.74, 6) is -0.224. The zero-order valence-electron chi connectivity index (χ0n) is 14.3. The highest BCUT2D eigenvalue weighted by molar-refractivity contribution is 5.85. The Bertz CT molecular complexity index is 557. The summed E-state index contributed by atoms with van der Waals surface area (Å²) in [6.45, 7) is 4.23. The summed E-state index contributed by atoms with van der Waals surface area (Å²) < 4.78 is 0. The SMILES string of the molecule is CC(C)NC(=O)CNC(=O)C[NH+](C)[C@H]1CCCc2ccccc21. The molecular formula is C18H28N3O2+. The predicted octanol–water partition coefficient (Wildman–Crippen LogP) is 0.220. The maximum absolute atomic E-state index is 12.1. The normalized spacial score (nSPS) is 18.2. The molecule has 1 aromatic rings. The molecular weight excluding hydrogens is 290 g/mol. The molecule has 126 valence electrons. The lowest BCUT2D eigenvalue weighted by atomic mass is 9.87. The summed E-state index contributed by atoms with van der Waals surface area (Å²) in [5.41, 5.74) is 2.77. The smallest absolute Gasteiger partial charge is 0.275 e. The summed E-state index contributed by atoms with van der Waals surface area (Å²) in [6, 6.07) is 8.96. The molecule has 5 heteroatoms. The molecule has 0 radical (unpaired) electrons. The summed E-state index contributed by atoms with van der Waals surface area (Å²) in [4.78, 5) is 24.8. The van der Waals surface area contributed by atoms with Crippen LogP contribution in [0.5, 0.6) is 0 Å². The third-order valence-corrected chi connectivity index (χ3v) is 4.30. The van der Waals surface area contributed by atoms with E-state index in [0.29, 0.717) is 12.6 Å². The number of carbonyl (C=O) groups excluding carboxylic acids is 2. The number of nitrogens with one attached hydrogen (secondary N) is 3. The van der Waals surface area contributed by atoms with Crippen LogP contribution in [0.25, 0.3) is 0 Å². The molecule has 23 heavy (non-hydrogen) atoms. The average molecular weight is 318 g/mol. The van der Waals surface area contributed by atoms with E-state index in [0.717, 1.165) is 19.3 Å². The van der Waals surface area contributed by atoms with Crippen LogP contribution in [0.2, 0.25) is 0 Å². The number of hydrogen-bond acceptors (Lipinski definition) is 2. The zero-order chi connectivity index (χ0) is 16.8. The van der Waals surface area contributed by atoms with Gasteiger partial charge in [-0.2, -0.15) is 0 Å². The number of likely N-dealkylation sites (N-methyl/N-ethyl adjacent to an activating group) is 1. The molecule has 0 aromatic heterocycles. The van der Waals surface area contributed by atoms with E-state index in [-0.39, 0.29) is 24.4 Å². The van der Waals surface area contributed by atoms with E-state index in [9.17, 15) is 9.59 Å². The third-order valence-electron chi connectivity index (χ3n) is 4.30. The van der Waals surface area contributed by atoms with Crippen molar-refractivity contribution in [3.05, 3.63) is 35.4 Å². The minimum atomic E-state index is -0.144. The quantitative estimate of drug-likeness (QED) is 0.703. The maximum atomic E-state index is 12.1. The fraction of sp³-hybridized carbons (Fsp3) is 0.556. The molecule has 3 N–H and O–H groups in total. The first-order valence-corrected chi connectivity index (χ1v) is 8.43. The zero-order valence-corrected chi connectivity index (χ0v) is 14.3. The largest absolute Gasteiger partial charge is 0.352 e. The molecule has 1 aliphatic carbocycles. The Morgan fingerprint density at radius 3 is 2.74 bits per heavy atom. The van der Waals surface area contributed by atoms with Gasteiger partial charge in [0.05, 0.1) is 13.6 Å². The molecule has 2 atom stereocenters. The summed E-state index contributed by atoms with van der Waals surface area (Å²) in [6.07, 6.45) is 3.39. The number of aryl methyl sites for hydroxylation is 1. The Labute approximate surface area is 138 Å². The molecule has 0 spiro atoms. The van der Waals surface area contributed by atoms with Crippen LogP contribution in [-0.2, 0) is 16.0 Å². The highest BCUT2D eigenvalue weighted by Crippen LogP contribution is 2.27. The van der Waals surface area contributed by atoms with E-state index in [1.807, 2.05) is 13.8 Å². The number of carbonyl (C=O) groups is 2. The van der Waals surface area contributed by atoms with Crippen LogP contribution >= 0.6 is 0 Å². The molecule has 0 fully saturated rings. The van der Waals surface area contributed by atoms with E-state index in [2.05, 4.69) is 41.9 Å². The average Bonchev–Trinajstić information content (AvgIpc) is 2.51. The fourth-order valence-corrected chi connectivity index (χ4v) is 3.26. The van der Waals surface area contributed by atoms with E-state index in [1.165, 1.54) is 16.0 Å². The van der Waals surface area contributed by atoms with Crippen LogP contribution in [0.3, 0.4) is 0 Å². The predicted molar refractivity (Wildman–Crippen MR) is 90.2 cm³/mol. The number of quaternary nitrogens is 1. The van der Waals surface area contributed by atoms with Crippen molar-refractivity contribution >= 4 is 11.8 Å². The highest BCUT2D eigenvalue weighted by atomic mass is 16.2. The Morgan fingerprint density at radius 2 is 2.00 bits per heavy atom. The molecule has 0 aliphatic heterocycles. The van der Waals surface area contributed by atoms with Crippen LogP contribution in [-0.4, -0.2) is 38.0 Å². The van der Waals surface area contributed by atoms with E-state index >= 15 is 0 Å². The molecule has 0 bridgehead atoms. The van der Waals surface area contributed by atoms with Crippen LogP contribution in [0.15, 0.2) is 24.3 Å². The van der Waals surface area contributed by atoms with Gasteiger partial charge in [0.25, 0.3) is 5.91 Å². The monoisotopic (exact) mass is 318 g/mol. The molecule has 0 saturated heterocycles. The number of hydrogen-bond donors (Lipinski definition) is 3. The minimum absolute atomic E-state index is 0.0472. The molecule has 2 rings (SSSR count). The summed E-state index contributed by atoms with van der Waals surface area (Å²) in [5, 5.41) is 5.48. The Hall–Kier alpha value is -1.88. The van der Waals surface area contributed by atoms with Crippen molar-refractivity contribution in [2.45, 2.75) is 45.2 Å². The van der Waals surface area contributed by atoms with Gasteiger partial charge in [0, 0.05) is 18.0 Å². The van der Waals surface area contributed by atoms with Gasteiger partial charge in [0.2, 0.25) is 5.91 Å². The van der Waals surface area contributed by atoms with E-state index < -0.39 is 0 Å². The van der Waals surface area contributed by atoms with Crippen LogP contribution < -0.4 is 15.5 Å². The second kappa shape index (κ2) is 8.11. The first-order valence-electron chi connectivity index (χ1n) is 8.43. The van der Waals surface area contributed by atoms with E-state index in [4.69, 9.17) is 0 Å². The summed E-state index contributed by atoms with van der Waals surface area (Å²) in [7, 11) is 2.06. The van der Waals surface area contributed by atoms with Crippen molar-refractivity contribution in [1.82, 2.24) is 10.6 Å². The topological polar surface area (TPSA) is 62.6 Å². The van der Waals surface area contributed by atoms with Crippen molar-refractivity contribution in [3.8, 4) is 0 Å². The van der Waals surface area contributed by atoms with Crippen molar-refractivity contribution in [2.75, 3.05) is 20.1 Å². The number of benzene rings is 1. The maximum Gasteiger partial charge on any atom is 0.275 e. The second-order valence-corrected chi connectivity index (χ2v) is 6.67. The van der Waals surface area contributed by atoms with Crippen molar-refractivity contribution in [1.29, 1.82) is 0 Å². The Morgan fingerprint density at radius 1 is 1.26 bits per heavy atom. The van der Waals surface area contributed by atoms with Gasteiger partial charge >= 0.3 is 0 Å². The second-order valence-electron chi connectivity index (χ2n) is 6.67. The molecule has 1 aliphatic rings. The van der Waals surface area contributed by atoms with E-state index in [1.54, 1.807) is 0 Å². The lowest BCUT2D eigenvalue weighted by Gasteiger charge is -2.30. The number of rotatable bonds is 6. The van der Waals surface area contributed by atoms with Gasteiger partial charge in [-0.25, -0.2) is 0 Å². The molecule has 0 heterocycles. The van der Waals surface area contributed by atoms with Gasteiger partial charge in [-0.15, -0.1) is 0 Å². The minimum Gasteiger partial charge on any atom is -0.352 e. The Balaban J connectivity index is 1.86. The molecule has 5 nitrogen and oxygen atoms in total. The third kappa shape index (κ3) is 5.06. The highest BCUT2D eigenvalue weighted by Gasteiger charge is 2.27. The van der Waals surface area contributed by atoms with Gasteiger partial charge in [-0.3, -0.25) is 9.59 Å². The van der Waals surface area contributed by atoms with Gasteiger partial charge in [-0.1, -0.05) is 24.3 Å². The number of fused-ring (bicyclic) bond motifs is 1. The first-order chi connectivity index (χ1) is 11.0. The van der Waals surface area contributed by atoms with Crippen molar-refractivity contribution in [3.63, 3.8) is 0 Å². The summed E-state index contributed by atoms with van der Waals surface area (Å²) >= 11 is 0. The van der Waals surface area contributed by atoms with Gasteiger partial charge in [0.1, 0.15) is 6.04 Å². The lowest BCUT2D eigenvalue weighted by Crippen LogP contribution is -3.10. The van der Waals surface area contributed by atoms with Crippen LogP contribution in [0, 0.1) is 0 Å². The van der Waals surface area contributed by atoms with Crippen LogP contribution in [0.1, 0.15) is 43.9 Å². The Kier molecular flexibility index (Phi) is 6.16. The van der Waals surface area contributed by atoms with Crippen LogP contribution in [0.4, 0.5) is 0 Å². The molecule has 2 amide bonds. The molecule has 0 saturated carbocycles. The van der Waals surface area contributed by atoms with Crippen molar-refractivity contribution < 1.29 is 14.5 Å². The van der Waals surface area contributed by atoms with Crippen molar-refractivity contribution in [2.24, 2.45) is 0 Å². The number of amides is 2. The van der Waals surface area contributed by atoms with Gasteiger partial charge in [-0.05, 0) is 32.3 Å². The fourth-order valence-electron chi connectivity index (χ4n) is 3.26. The first kappa shape index (κ1) is 17.5. The lowest BCUT2D eigenvalue weighted by molar-refractivity contribution is -0.905. The van der Waals surface area contributed by atoms with Gasteiger partial charge in [0.15, 0.2) is 6.54 Å². The molecule has 1 aromatic carbocycles. The standard InChI is InChI=1S/C18H27N3O2/c1-13(2)20-17(22)11-19-18(23)12-21(3)16-10-6-8-14-7-4-5-9-15(14)16/h4-5,7,9,13,16H,6,8,10-12H2,1-3H3,(H,19,23)(H,20,22)/p+1/t16-/m0/s1.